The van der Waals surface area contributed by atoms with Crippen molar-refractivity contribution < 1.29 is 23.9 Å². The van der Waals surface area contributed by atoms with E-state index in [0.717, 1.165) is 12.8 Å². The van der Waals surface area contributed by atoms with E-state index in [2.05, 4.69) is 0 Å². The van der Waals surface area contributed by atoms with Gasteiger partial charge in [0.1, 0.15) is 0 Å². The third-order valence-corrected chi connectivity index (χ3v) is 3.33. The molecule has 0 saturated heterocycles. The molecule has 1 N–H and O–H groups in total. The first-order valence-electron chi connectivity index (χ1n) is 6.79. The Labute approximate surface area is 122 Å². The standard InChI is InChI=1S/C14H18N2O5/c1-15(14(20)11-3-2-8-21-11)9-12(17)16(10-4-5-10)7-6-13(18)19/h2-3,8,10H,4-7,9H2,1H3,(H,18,19). The summed E-state index contributed by atoms with van der Waals surface area (Å²) in [5.41, 5.74) is 0. The van der Waals surface area contributed by atoms with Crippen LogP contribution in [0.5, 0.6) is 0 Å². The van der Waals surface area contributed by atoms with E-state index in [9.17, 15) is 14.4 Å². The average Bonchev–Trinajstić information content (AvgIpc) is 3.11. The summed E-state index contributed by atoms with van der Waals surface area (Å²) in [4.78, 5) is 37.7. The van der Waals surface area contributed by atoms with Gasteiger partial charge in [0.05, 0.1) is 19.2 Å². The summed E-state index contributed by atoms with van der Waals surface area (Å²) in [6.45, 7) is 0.0945. The van der Waals surface area contributed by atoms with Gasteiger partial charge >= 0.3 is 5.97 Å². The van der Waals surface area contributed by atoms with Gasteiger partial charge in [-0.1, -0.05) is 0 Å². The Bertz CT molecular complexity index is 521. The third kappa shape index (κ3) is 4.08. The quantitative estimate of drug-likeness (QED) is 0.804. The van der Waals surface area contributed by atoms with Gasteiger partial charge in [0.25, 0.3) is 5.91 Å². The molecule has 7 nitrogen and oxygen atoms in total. The van der Waals surface area contributed by atoms with Crippen LogP contribution in [0.4, 0.5) is 0 Å². The lowest BCUT2D eigenvalue weighted by Gasteiger charge is -2.24. The lowest BCUT2D eigenvalue weighted by Crippen LogP contribution is -2.43. The highest BCUT2D eigenvalue weighted by molar-refractivity contribution is 5.94. The summed E-state index contributed by atoms with van der Waals surface area (Å²) in [6.07, 6.45) is 3.09. The van der Waals surface area contributed by atoms with Crippen LogP contribution in [0.3, 0.4) is 0 Å². The van der Waals surface area contributed by atoms with Crippen molar-refractivity contribution >= 4 is 17.8 Å². The van der Waals surface area contributed by atoms with Crippen LogP contribution in [-0.2, 0) is 9.59 Å². The van der Waals surface area contributed by atoms with Crippen molar-refractivity contribution in [3.05, 3.63) is 24.2 Å². The van der Waals surface area contributed by atoms with E-state index in [4.69, 9.17) is 9.52 Å². The SMILES string of the molecule is CN(CC(=O)N(CCC(=O)O)C1CC1)C(=O)c1ccco1. The Morgan fingerprint density at radius 1 is 1.38 bits per heavy atom. The molecule has 1 aromatic heterocycles. The van der Waals surface area contributed by atoms with Gasteiger partial charge in [-0.2, -0.15) is 0 Å². The Kier molecular flexibility index (Phi) is 4.62. The smallest absolute Gasteiger partial charge is 0.305 e. The number of nitrogens with zero attached hydrogens (tertiary/aromatic N) is 2. The van der Waals surface area contributed by atoms with Gasteiger partial charge in [0, 0.05) is 19.6 Å². The summed E-state index contributed by atoms with van der Waals surface area (Å²) >= 11 is 0. The number of amides is 2. The van der Waals surface area contributed by atoms with Crippen LogP contribution in [0.1, 0.15) is 29.8 Å². The molecule has 0 atom stereocenters. The highest BCUT2D eigenvalue weighted by atomic mass is 16.4. The minimum absolute atomic E-state index is 0.0852. The molecule has 2 rings (SSSR count). The Morgan fingerprint density at radius 3 is 2.62 bits per heavy atom. The fourth-order valence-corrected chi connectivity index (χ4v) is 2.07. The number of hydrogen-bond acceptors (Lipinski definition) is 4. The predicted octanol–water partition coefficient (Wildman–Crippen LogP) is 0.817. The molecule has 114 valence electrons. The van der Waals surface area contributed by atoms with Gasteiger partial charge in [-0.25, -0.2) is 0 Å². The minimum Gasteiger partial charge on any atom is -0.481 e. The van der Waals surface area contributed by atoms with E-state index in [1.807, 2.05) is 0 Å². The normalized spacial score (nSPS) is 13.8. The van der Waals surface area contributed by atoms with Gasteiger partial charge in [0.15, 0.2) is 5.76 Å². The number of carbonyl (C=O) groups excluding carboxylic acids is 2. The molecule has 7 heteroatoms. The lowest BCUT2D eigenvalue weighted by atomic mass is 10.3. The second-order valence-corrected chi connectivity index (χ2v) is 5.10. The number of hydrogen-bond donors (Lipinski definition) is 1. The van der Waals surface area contributed by atoms with Crippen molar-refractivity contribution in [3.63, 3.8) is 0 Å². The van der Waals surface area contributed by atoms with Crippen LogP contribution >= 0.6 is 0 Å². The van der Waals surface area contributed by atoms with Crippen LogP contribution in [0.25, 0.3) is 0 Å². The number of rotatable bonds is 7. The Hall–Kier alpha value is -2.31. The van der Waals surface area contributed by atoms with Crippen molar-refractivity contribution in [2.24, 2.45) is 0 Å². The topological polar surface area (TPSA) is 91.1 Å². The Balaban J connectivity index is 1.91. The molecule has 0 radical (unpaired) electrons. The molecule has 1 saturated carbocycles. The molecule has 1 heterocycles. The maximum absolute atomic E-state index is 12.2. The number of carbonyl (C=O) groups is 3. The number of carboxylic acids is 1. The molecular weight excluding hydrogens is 276 g/mol. The van der Waals surface area contributed by atoms with E-state index >= 15 is 0 Å². The first-order chi connectivity index (χ1) is 9.99. The molecule has 0 unspecified atom stereocenters. The zero-order chi connectivity index (χ0) is 15.4. The zero-order valence-corrected chi connectivity index (χ0v) is 11.8. The van der Waals surface area contributed by atoms with Crippen molar-refractivity contribution in [2.45, 2.75) is 25.3 Å². The number of likely N-dealkylation sites (N-methyl/N-ethyl adjacent to an activating group) is 1. The number of furan rings is 1. The van der Waals surface area contributed by atoms with Crippen molar-refractivity contribution in [1.29, 1.82) is 0 Å². The lowest BCUT2D eigenvalue weighted by molar-refractivity contribution is -0.138. The largest absolute Gasteiger partial charge is 0.481 e. The summed E-state index contributed by atoms with van der Waals surface area (Å²) in [7, 11) is 1.52. The van der Waals surface area contributed by atoms with Crippen LogP contribution < -0.4 is 0 Å². The third-order valence-electron chi connectivity index (χ3n) is 3.33. The molecule has 1 aliphatic rings. The van der Waals surface area contributed by atoms with E-state index in [1.54, 1.807) is 11.0 Å². The van der Waals surface area contributed by atoms with Gasteiger partial charge in [-0.3, -0.25) is 14.4 Å². The highest BCUT2D eigenvalue weighted by Crippen LogP contribution is 2.27. The molecule has 2 amide bonds. The van der Waals surface area contributed by atoms with Crippen LogP contribution in [0, 0.1) is 0 Å². The van der Waals surface area contributed by atoms with Gasteiger partial charge in [-0.15, -0.1) is 0 Å². The molecule has 0 bridgehead atoms. The first-order valence-corrected chi connectivity index (χ1v) is 6.79. The first kappa shape index (κ1) is 15.1. The second-order valence-electron chi connectivity index (χ2n) is 5.10. The maximum Gasteiger partial charge on any atom is 0.305 e. The van der Waals surface area contributed by atoms with Crippen LogP contribution in [0.2, 0.25) is 0 Å². The van der Waals surface area contributed by atoms with Gasteiger partial charge < -0.3 is 19.3 Å². The highest BCUT2D eigenvalue weighted by Gasteiger charge is 2.33. The fourth-order valence-electron chi connectivity index (χ4n) is 2.07. The summed E-state index contributed by atoms with van der Waals surface area (Å²) in [6, 6.07) is 3.25. The second kappa shape index (κ2) is 6.43. The van der Waals surface area contributed by atoms with Gasteiger partial charge in [0.2, 0.25) is 5.91 Å². The van der Waals surface area contributed by atoms with Crippen molar-refractivity contribution in [3.8, 4) is 0 Å². The number of aliphatic carboxylic acids is 1. The summed E-state index contributed by atoms with van der Waals surface area (Å²) in [5.74, 6) is -1.37. The Morgan fingerprint density at radius 2 is 2.10 bits per heavy atom. The van der Waals surface area contributed by atoms with Crippen molar-refractivity contribution in [1.82, 2.24) is 9.80 Å². The van der Waals surface area contributed by atoms with Crippen molar-refractivity contribution in [2.75, 3.05) is 20.1 Å². The molecule has 1 fully saturated rings. The van der Waals surface area contributed by atoms with E-state index in [-0.39, 0.29) is 43.1 Å². The molecule has 0 aromatic carbocycles. The molecular formula is C14H18N2O5. The summed E-state index contributed by atoms with van der Waals surface area (Å²) < 4.78 is 5.00. The fraction of sp³-hybridized carbons (Fsp3) is 0.500. The van der Waals surface area contributed by atoms with E-state index in [0.29, 0.717) is 0 Å². The maximum atomic E-state index is 12.2. The van der Waals surface area contributed by atoms with Gasteiger partial charge in [-0.05, 0) is 25.0 Å². The van der Waals surface area contributed by atoms with Crippen LogP contribution in [0.15, 0.2) is 22.8 Å². The average molecular weight is 294 g/mol. The molecule has 0 spiro atoms. The zero-order valence-electron chi connectivity index (χ0n) is 11.8. The van der Waals surface area contributed by atoms with Crippen LogP contribution in [-0.4, -0.2) is 58.9 Å². The predicted molar refractivity (Wildman–Crippen MR) is 72.7 cm³/mol. The van der Waals surface area contributed by atoms with E-state index in [1.165, 1.54) is 24.3 Å². The molecule has 1 aromatic rings. The monoisotopic (exact) mass is 294 g/mol. The minimum atomic E-state index is -0.937. The molecule has 21 heavy (non-hydrogen) atoms. The van der Waals surface area contributed by atoms with E-state index < -0.39 is 5.97 Å². The molecule has 1 aliphatic carbocycles. The molecule has 0 aliphatic heterocycles. The summed E-state index contributed by atoms with van der Waals surface area (Å²) in [5, 5.41) is 8.73. The number of carboxylic acid groups (broad SMARTS) is 1.